The van der Waals surface area contributed by atoms with Crippen LogP contribution in [0.4, 0.5) is 4.79 Å². The number of carbonyl (C=O) groups excluding carboxylic acids is 2. The Morgan fingerprint density at radius 2 is 1.76 bits per heavy atom. The standard InChI is InChI=1S/C11H24N4O2/c1-5-8(2)9(12)10(16)13-6-7-14-11(17)15(3)4/h8-9H,5-7,12H2,1-4H3,(H,13,16)(H,14,17). The van der Waals surface area contributed by atoms with Crippen LogP contribution in [0.5, 0.6) is 0 Å². The van der Waals surface area contributed by atoms with E-state index in [0.29, 0.717) is 13.1 Å². The Hall–Kier alpha value is -1.30. The largest absolute Gasteiger partial charge is 0.353 e. The van der Waals surface area contributed by atoms with E-state index < -0.39 is 6.04 Å². The fourth-order valence-corrected chi connectivity index (χ4v) is 1.14. The first-order valence-electron chi connectivity index (χ1n) is 5.88. The average Bonchev–Trinajstić information content (AvgIpc) is 2.31. The molecule has 0 heterocycles. The number of urea groups is 1. The van der Waals surface area contributed by atoms with Gasteiger partial charge in [0.1, 0.15) is 0 Å². The molecule has 0 fully saturated rings. The molecular weight excluding hydrogens is 220 g/mol. The summed E-state index contributed by atoms with van der Waals surface area (Å²) in [5, 5.41) is 5.35. The van der Waals surface area contributed by atoms with Crippen LogP contribution in [0, 0.1) is 5.92 Å². The Balaban J connectivity index is 3.75. The molecule has 0 aromatic heterocycles. The molecular formula is C11H24N4O2. The molecule has 0 spiro atoms. The second-order valence-electron chi connectivity index (χ2n) is 4.33. The van der Waals surface area contributed by atoms with Crippen molar-refractivity contribution in [2.45, 2.75) is 26.3 Å². The van der Waals surface area contributed by atoms with Gasteiger partial charge in [0, 0.05) is 27.2 Å². The van der Waals surface area contributed by atoms with Gasteiger partial charge in [0.25, 0.3) is 0 Å². The Kier molecular flexibility index (Phi) is 7.29. The van der Waals surface area contributed by atoms with Crippen LogP contribution in [0.25, 0.3) is 0 Å². The fraction of sp³-hybridized carbons (Fsp3) is 0.818. The number of carbonyl (C=O) groups is 2. The first-order chi connectivity index (χ1) is 7.90. The molecule has 0 aliphatic carbocycles. The van der Waals surface area contributed by atoms with E-state index in [1.807, 2.05) is 13.8 Å². The molecule has 3 amide bonds. The van der Waals surface area contributed by atoms with Crippen LogP contribution in [0.3, 0.4) is 0 Å². The van der Waals surface area contributed by atoms with Crippen LogP contribution in [0.2, 0.25) is 0 Å². The van der Waals surface area contributed by atoms with Crippen LogP contribution >= 0.6 is 0 Å². The van der Waals surface area contributed by atoms with Crippen molar-refractivity contribution in [2.24, 2.45) is 11.7 Å². The molecule has 0 bridgehead atoms. The third kappa shape index (κ3) is 6.11. The first-order valence-corrected chi connectivity index (χ1v) is 5.88. The molecule has 17 heavy (non-hydrogen) atoms. The van der Waals surface area contributed by atoms with E-state index in [4.69, 9.17) is 5.73 Å². The minimum Gasteiger partial charge on any atom is -0.353 e. The molecule has 0 saturated heterocycles. The number of nitrogens with one attached hydrogen (secondary N) is 2. The molecule has 2 atom stereocenters. The van der Waals surface area contributed by atoms with Crippen molar-refractivity contribution in [2.75, 3.05) is 27.2 Å². The lowest BCUT2D eigenvalue weighted by atomic mass is 9.99. The molecule has 4 N–H and O–H groups in total. The third-order valence-electron chi connectivity index (χ3n) is 2.67. The van der Waals surface area contributed by atoms with Crippen molar-refractivity contribution in [1.29, 1.82) is 0 Å². The molecule has 0 aliphatic heterocycles. The van der Waals surface area contributed by atoms with Crippen LogP contribution in [-0.2, 0) is 4.79 Å². The summed E-state index contributed by atoms with van der Waals surface area (Å²) in [6.45, 7) is 4.73. The molecule has 6 nitrogen and oxygen atoms in total. The number of nitrogens with two attached hydrogens (primary N) is 1. The summed E-state index contributed by atoms with van der Waals surface area (Å²) in [5.74, 6) is -0.00943. The maximum absolute atomic E-state index is 11.6. The highest BCUT2D eigenvalue weighted by Crippen LogP contribution is 2.04. The van der Waals surface area contributed by atoms with E-state index in [-0.39, 0.29) is 17.9 Å². The molecule has 0 aromatic carbocycles. The molecule has 0 aliphatic rings. The van der Waals surface area contributed by atoms with Crippen molar-refractivity contribution in [1.82, 2.24) is 15.5 Å². The van der Waals surface area contributed by atoms with E-state index in [1.54, 1.807) is 14.1 Å². The zero-order valence-electron chi connectivity index (χ0n) is 11.1. The van der Waals surface area contributed by atoms with Crippen LogP contribution in [-0.4, -0.2) is 50.1 Å². The summed E-state index contributed by atoms with van der Waals surface area (Å²) in [4.78, 5) is 24.2. The van der Waals surface area contributed by atoms with Crippen molar-refractivity contribution >= 4 is 11.9 Å². The van der Waals surface area contributed by atoms with Crippen LogP contribution < -0.4 is 16.4 Å². The lowest BCUT2D eigenvalue weighted by molar-refractivity contribution is -0.123. The molecule has 100 valence electrons. The summed E-state index contributed by atoms with van der Waals surface area (Å²) < 4.78 is 0. The molecule has 0 saturated carbocycles. The quantitative estimate of drug-likeness (QED) is 0.563. The van der Waals surface area contributed by atoms with Gasteiger partial charge in [-0.3, -0.25) is 4.79 Å². The molecule has 6 heteroatoms. The zero-order chi connectivity index (χ0) is 13.4. The van der Waals surface area contributed by atoms with Gasteiger partial charge in [-0.15, -0.1) is 0 Å². The lowest BCUT2D eigenvalue weighted by Gasteiger charge is -2.18. The van der Waals surface area contributed by atoms with Gasteiger partial charge in [0.15, 0.2) is 0 Å². The van der Waals surface area contributed by atoms with Gasteiger partial charge in [-0.2, -0.15) is 0 Å². The van der Waals surface area contributed by atoms with Gasteiger partial charge in [-0.25, -0.2) is 4.79 Å². The molecule has 0 radical (unpaired) electrons. The van der Waals surface area contributed by atoms with Crippen LogP contribution in [0.1, 0.15) is 20.3 Å². The SMILES string of the molecule is CCC(C)C(N)C(=O)NCCNC(=O)N(C)C. The maximum Gasteiger partial charge on any atom is 0.316 e. The molecule has 0 aromatic rings. The second kappa shape index (κ2) is 7.89. The summed E-state index contributed by atoms with van der Waals surface area (Å²) >= 11 is 0. The monoisotopic (exact) mass is 244 g/mol. The fourth-order valence-electron chi connectivity index (χ4n) is 1.14. The predicted molar refractivity (Wildman–Crippen MR) is 67.5 cm³/mol. The van der Waals surface area contributed by atoms with E-state index >= 15 is 0 Å². The van der Waals surface area contributed by atoms with E-state index in [1.165, 1.54) is 4.90 Å². The normalized spacial score (nSPS) is 13.7. The van der Waals surface area contributed by atoms with Crippen molar-refractivity contribution in [3.05, 3.63) is 0 Å². The smallest absolute Gasteiger partial charge is 0.316 e. The highest BCUT2D eigenvalue weighted by atomic mass is 16.2. The first kappa shape index (κ1) is 15.7. The van der Waals surface area contributed by atoms with Gasteiger partial charge in [0.05, 0.1) is 6.04 Å². The number of hydrogen-bond acceptors (Lipinski definition) is 3. The highest BCUT2D eigenvalue weighted by Gasteiger charge is 2.18. The van der Waals surface area contributed by atoms with Gasteiger partial charge in [0.2, 0.25) is 5.91 Å². The summed E-state index contributed by atoms with van der Waals surface area (Å²) in [6, 6.07) is -0.657. The van der Waals surface area contributed by atoms with Gasteiger partial charge < -0.3 is 21.3 Å². The Morgan fingerprint density at radius 3 is 2.24 bits per heavy atom. The van der Waals surface area contributed by atoms with E-state index in [0.717, 1.165) is 6.42 Å². The van der Waals surface area contributed by atoms with Crippen molar-refractivity contribution in [3.8, 4) is 0 Å². The number of hydrogen-bond donors (Lipinski definition) is 3. The topological polar surface area (TPSA) is 87.5 Å². The third-order valence-corrected chi connectivity index (χ3v) is 2.67. The zero-order valence-corrected chi connectivity index (χ0v) is 11.1. The predicted octanol–water partition coefficient (Wildman–Crippen LogP) is -0.253. The maximum atomic E-state index is 11.6. The Labute approximate surface area is 103 Å². The number of rotatable bonds is 6. The van der Waals surface area contributed by atoms with Crippen molar-refractivity contribution < 1.29 is 9.59 Å². The van der Waals surface area contributed by atoms with E-state index in [9.17, 15) is 9.59 Å². The molecule has 0 rings (SSSR count). The van der Waals surface area contributed by atoms with Gasteiger partial charge >= 0.3 is 6.03 Å². The minimum absolute atomic E-state index is 0.159. The summed E-state index contributed by atoms with van der Waals surface area (Å²) in [6.07, 6.45) is 0.867. The van der Waals surface area contributed by atoms with E-state index in [2.05, 4.69) is 10.6 Å². The van der Waals surface area contributed by atoms with Crippen LogP contribution in [0.15, 0.2) is 0 Å². The second-order valence-corrected chi connectivity index (χ2v) is 4.33. The van der Waals surface area contributed by atoms with Crippen molar-refractivity contribution in [3.63, 3.8) is 0 Å². The molecule has 2 unspecified atom stereocenters. The van der Waals surface area contributed by atoms with Gasteiger partial charge in [-0.05, 0) is 5.92 Å². The minimum atomic E-state index is -0.482. The van der Waals surface area contributed by atoms with Gasteiger partial charge in [-0.1, -0.05) is 20.3 Å². The highest BCUT2D eigenvalue weighted by molar-refractivity contribution is 5.81. The average molecular weight is 244 g/mol. The Morgan fingerprint density at radius 1 is 1.24 bits per heavy atom. The number of amides is 3. The summed E-state index contributed by atoms with van der Waals surface area (Å²) in [5.41, 5.74) is 5.75. The Bertz CT molecular complexity index is 256. The lowest BCUT2D eigenvalue weighted by Crippen LogP contribution is -2.47. The number of nitrogens with zero attached hydrogens (tertiary/aromatic N) is 1. The summed E-state index contributed by atoms with van der Waals surface area (Å²) in [7, 11) is 3.32.